The van der Waals surface area contributed by atoms with Gasteiger partial charge in [-0.1, -0.05) is 11.6 Å². The number of hydrogen-bond donors (Lipinski definition) is 3. The second kappa shape index (κ2) is 6.90. The standard InChI is InChI=1S/C13H15ClN6O2/c1-7-5-8(14)3-4-9(7)22-6-10(21)17-13-19-11(15)18-12(16-2)20-13/h3-5H,6H2,1-2H3,(H4,15,16,17,18,19,20,21). The first-order valence-electron chi connectivity index (χ1n) is 6.36. The van der Waals surface area contributed by atoms with Gasteiger partial charge in [-0.15, -0.1) is 0 Å². The molecular weight excluding hydrogens is 308 g/mol. The van der Waals surface area contributed by atoms with Crippen molar-refractivity contribution in [2.45, 2.75) is 6.92 Å². The lowest BCUT2D eigenvalue weighted by Crippen LogP contribution is -2.22. The molecule has 116 valence electrons. The summed E-state index contributed by atoms with van der Waals surface area (Å²) in [5.41, 5.74) is 6.35. The van der Waals surface area contributed by atoms with Crippen molar-refractivity contribution in [1.29, 1.82) is 0 Å². The molecule has 0 radical (unpaired) electrons. The first-order valence-corrected chi connectivity index (χ1v) is 6.74. The van der Waals surface area contributed by atoms with Gasteiger partial charge in [0, 0.05) is 12.1 Å². The number of hydrogen-bond acceptors (Lipinski definition) is 7. The monoisotopic (exact) mass is 322 g/mol. The summed E-state index contributed by atoms with van der Waals surface area (Å²) in [6.45, 7) is 1.65. The van der Waals surface area contributed by atoms with Gasteiger partial charge in [0.1, 0.15) is 5.75 Å². The largest absolute Gasteiger partial charge is 0.483 e. The lowest BCUT2D eigenvalue weighted by molar-refractivity contribution is -0.118. The number of anilines is 3. The number of nitrogens with two attached hydrogens (primary N) is 1. The van der Waals surface area contributed by atoms with Crippen molar-refractivity contribution in [3.05, 3.63) is 28.8 Å². The van der Waals surface area contributed by atoms with E-state index in [9.17, 15) is 4.79 Å². The molecule has 2 rings (SSSR count). The zero-order valence-corrected chi connectivity index (χ0v) is 12.8. The van der Waals surface area contributed by atoms with Crippen LogP contribution in [0.15, 0.2) is 18.2 Å². The van der Waals surface area contributed by atoms with Gasteiger partial charge in [-0.05, 0) is 30.7 Å². The molecule has 9 heteroatoms. The molecule has 0 aliphatic rings. The third kappa shape index (κ3) is 4.19. The lowest BCUT2D eigenvalue weighted by atomic mass is 10.2. The molecule has 0 unspecified atom stereocenters. The highest BCUT2D eigenvalue weighted by Gasteiger charge is 2.09. The molecule has 2 aromatic rings. The van der Waals surface area contributed by atoms with Crippen molar-refractivity contribution in [2.24, 2.45) is 0 Å². The number of benzene rings is 1. The summed E-state index contributed by atoms with van der Waals surface area (Å²) < 4.78 is 5.42. The molecule has 0 aliphatic heterocycles. The lowest BCUT2D eigenvalue weighted by Gasteiger charge is -2.09. The van der Waals surface area contributed by atoms with E-state index in [1.807, 2.05) is 6.92 Å². The Labute approximate surface area is 132 Å². The molecule has 0 atom stereocenters. The Hall–Kier alpha value is -2.61. The number of rotatable bonds is 5. The minimum absolute atomic E-state index is 0.00381. The number of halogens is 1. The van der Waals surface area contributed by atoms with Crippen LogP contribution >= 0.6 is 11.6 Å². The highest BCUT2D eigenvalue weighted by Crippen LogP contribution is 2.21. The second-order valence-electron chi connectivity index (χ2n) is 4.34. The molecule has 4 N–H and O–H groups in total. The Bertz CT molecular complexity index is 694. The van der Waals surface area contributed by atoms with Crippen molar-refractivity contribution in [1.82, 2.24) is 15.0 Å². The van der Waals surface area contributed by atoms with Crippen molar-refractivity contribution >= 4 is 35.4 Å². The summed E-state index contributed by atoms with van der Waals surface area (Å²) in [6.07, 6.45) is 0. The quantitative estimate of drug-likeness (QED) is 0.763. The van der Waals surface area contributed by atoms with E-state index in [0.717, 1.165) is 5.56 Å². The fraction of sp³-hybridized carbons (Fsp3) is 0.231. The normalized spacial score (nSPS) is 10.1. The van der Waals surface area contributed by atoms with Gasteiger partial charge in [0.2, 0.25) is 17.8 Å². The minimum atomic E-state index is -0.415. The van der Waals surface area contributed by atoms with Gasteiger partial charge < -0.3 is 15.8 Å². The maximum Gasteiger partial charge on any atom is 0.264 e. The molecule has 1 amide bonds. The second-order valence-corrected chi connectivity index (χ2v) is 4.77. The van der Waals surface area contributed by atoms with Crippen LogP contribution in [-0.2, 0) is 4.79 Å². The maximum absolute atomic E-state index is 11.9. The number of nitrogen functional groups attached to an aromatic ring is 1. The topological polar surface area (TPSA) is 115 Å². The van der Waals surface area contributed by atoms with E-state index in [1.165, 1.54) is 0 Å². The fourth-order valence-electron chi connectivity index (χ4n) is 1.64. The number of carbonyl (C=O) groups is 1. The van der Waals surface area contributed by atoms with Crippen molar-refractivity contribution in [3.63, 3.8) is 0 Å². The predicted molar refractivity (Wildman–Crippen MR) is 84.1 cm³/mol. The number of amides is 1. The third-order valence-corrected chi connectivity index (χ3v) is 2.86. The van der Waals surface area contributed by atoms with Crippen LogP contribution < -0.4 is 21.1 Å². The summed E-state index contributed by atoms with van der Waals surface area (Å²) in [6, 6.07) is 5.14. The summed E-state index contributed by atoms with van der Waals surface area (Å²) in [5, 5.41) is 5.81. The van der Waals surface area contributed by atoms with E-state index >= 15 is 0 Å². The Balaban J connectivity index is 1.97. The Kier molecular flexibility index (Phi) is 4.95. The first-order chi connectivity index (χ1) is 10.5. The molecule has 0 saturated heterocycles. The van der Waals surface area contributed by atoms with Gasteiger partial charge in [-0.3, -0.25) is 10.1 Å². The third-order valence-electron chi connectivity index (χ3n) is 2.62. The van der Waals surface area contributed by atoms with E-state index in [0.29, 0.717) is 10.8 Å². The van der Waals surface area contributed by atoms with E-state index in [4.69, 9.17) is 22.1 Å². The number of nitrogens with zero attached hydrogens (tertiary/aromatic N) is 3. The van der Waals surface area contributed by atoms with Crippen molar-refractivity contribution < 1.29 is 9.53 Å². The molecule has 0 fully saturated rings. The zero-order chi connectivity index (χ0) is 16.1. The molecule has 1 aromatic carbocycles. The summed E-state index contributed by atoms with van der Waals surface area (Å²) >= 11 is 5.86. The number of nitrogens with one attached hydrogen (secondary N) is 2. The molecular formula is C13H15ClN6O2. The Morgan fingerprint density at radius 2 is 2.05 bits per heavy atom. The SMILES string of the molecule is CNc1nc(N)nc(NC(=O)COc2ccc(Cl)cc2C)n1. The van der Waals surface area contributed by atoms with E-state index in [1.54, 1.807) is 25.2 Å². The first kappa shape index (κ1) is 15.8. The van der Waals surface area contributed by atoms with E-state index in [2.05, 4.69) is 25.6 Å². The molecule has 1 aromatic heterocycles. The van der Waals surface area contributed by atoms with Gasteiger partial charge >= 0.3 is 0 Å². The van der Waals surface area contributed by atoms with E-state index < -0.39 is 5.91 Å². The number of ether oxygens (including phenoxy) is 1. The van der Waals surface area contributed by atoms with Gasteiger partial charge in [-0.25, -0.2) is 0 Å². The van der Waals surface area contributed by atoms with Crippen LogP contribution in [0.1, 0.15) is 5.56 Å². The van der Waals surface area contributed by atoms with Gasteiger partial charge in [0.15, 0.2) is 6.61 Å². The summed E-state index contributed by atoms with van der Waals surface area (Å²) in [5.74, 6) is 0.479. The highest BCUT2D eigenvalue weighted by molar-refractivity contribution is 6.30. The van der Waals surface area contributed by atoms with E-state index in [-0.39, 0.29) is 24.5 Å². The van der Waals surface area contributed by atoms with Crippen LogP contribution in [0.25, 0.3) is 0 Å². The van der Waals surface area contributed by atoms with Gasteiger partial charge in [0.05, 0.1) is 0 Å². The van der Waals surface area contributed by atoms with Crippen LogP contribution in [0.2, 0.25) is 5.02 Å². The van der Waals surface area contributed by atoms with Crippen LogP contribution in [-0.4, -0.2) is 34.5 Å². The zero-order valence-electron chi connectivity index (χ0n) is 12.1. The average molecular weight is 323 g/mol. The van der Waals surface area contributed by atoms with Crippen molar-refractivity contribution in [2.75, 3.05) is 30.0 Å². The molecule has 0 saturated carbocycles. The van der Waals surface area contributed by atoms with Crippen LogP contribution in [0.4, 0.5) is 17.8 Å². The fourth-order valence-corrected chi connectivity index (χ4v) is 1.87. The average Bonchev–Trinajstić information content (AvgIpc) is 2.45. The molecule has 22 heavy (non-hydrogen) atoms. The number of aryl methyl sites for hydroxylation is 1. The predicted octanol–water partition coefficient (Wildman–Crippen LogP) is 1.47. The number of carbonyl (C=O) groups excluding carboxylic acids is 1. The summed E-state index contributed by atoms with van der Waals surface area (Å²) in [7, 11) is 1.63. The minimum Gasteiger partial charge on any atom is -0.483 e. The molecule has 8 nitrogen and oxygen atoms in total. The Morgan fingerprint density at radius 3 is 2.73 bits per heavy atom. The van der Waals surface area contributed by atoms with Crippen molar-refractivity contribution in [3.8, 4) is 5.75 Å². The molecule has 0 aliphatic carbocycles. The van der Waals surface area contributed by atoms with Crippen LogP contribution in [0.3, 0.4) is 0 Å². The summed E-state index contributed by atoms with van der Waals surface area (Å²) in [4.78, 5) is 23.4. The number of aromatic nitrogens is 3. The molecule has 0 spiro atoms. The van der Waals surface area contributed by atoms with Crippen LogP contribution in [0.5, 0.6) is 5.75 Å². The van der Waals surface area contributed by atoms with Gasteiger partial charge in [0.25, 0.3) is 5.91 Å². The van der Waals surface area contributed by atoms with Gasteiger partial charge in [-0.2, -0.15) is 15.0 Å². The Morgan fingerprint density at radius 1 is 1.32 bits per heavy atom. The van der Waals surface area contributed by atoms with Crippen LogP contribution in [0, 0.1) is 6.92 Å². The highest BCUT2D eigenvalue weighted by atomic mass is 35.5. The maximum atomic E-state index is 11.9. The molecule has 1 heterocycles. The molecule has 0 bridgehead atoms. The smallest absolute Gasteiger partial charge is 0.264 e.